The molecule has 3 N–H and O–H groups in total. The Hall–Kier alpha value is -1.38. The van der Waals surface area contributed by atoms with Crippen molar-refractivity contribution in [2.75, 3.05) is 0 Å². The molecule has 0 saturated carbocycles. The molecule has 0 aromatic heterocycles. The Balaban J connectivity index is 4.33. The van der Waals surface area contributed by atoms with Gasteiger partial charge in [-0.05, 0) is 13.0 Å². The Morgan fingerprint density at radius 2 is 2.30 bits per heavy atom. The van der Waals surface area contributed by atoms with Crippen molar-refractivity contribution in [3.05, 3.63) is 36.2 Å². The molecule has 0 amide bonds. The third-order valence-electron chi connectivity index (χ3n) is 0.896. The molecule has 3 heteroatoms. The molecule has 0 bridgehead atoms. The van der Waals surface area contributed by atoms with Gasteiger partial charge in [-0.25, -0.2) is 5.53 Å². The lowest BCUT2D eigenvalue weighted by molar-refractivity contribution is 1.05. The van der Waals surface area contributed by atoms with E-state index in [2.05, 4.69) is 11.7 Å². The Morgan fingerprint density at radius 1 is 1.70 bits per heavy atom. The molecule has 0 atom stereocenters. The fourth-order valence-corrected chi connectivity index (χ4v) is 0.403. The molecule has 0 saturated heterocycles. The summed E-state index contributed by atoms with van der Waals surface area (Å²) >= 11 is 0. The maximum atomic E-state index is 6.65. The van der Waals surface area contributed by atoms with Crippen LogP contribution in [-0.2, 0) is 0 Å². The van der Waals surface area contributed by atoms with Gasteiger partial charge in [-0.15, -0.1) is 0 Å². The number of nitrogens with one attached hydrogen (secondary N) is 1. The van der Waals surface area contributed by atoms with E-state index in [4.69, 9.17) is 11.3 Å². The zero-order valence-corrected chi connectivity index (χ0v) is 5.96. The molecule has 0 aromatic rings. The Morgan fingerprint density at radius 3 is 2.60 bits per heavy atom. The first-order chi connectivity index (χ1) is 4.72. The van der Waals surface area contributed by atoms with Crippen molar-refractivity contribution < 1.29 is 0 Å². The topological polar surface area (TPSA) is 62.2 Å². The van der Waals surface area contributed by atoms with Gasteiger partial charge in [-0.2, -0.15) is 5.11 Å². The summed E-state index contributed by atoms with van der Waals surface area (Å²) in [6, 6.07) is 0. The van der Waals surface area contributed by atoms with Crippen LogP contribution in [0.25, 0.3) is 0 Å². The largest absolute Gasteiger partial charge is 0.397 e. The molecule has 10 heavy (non-hydrogen) atoms. The predicted octanol–water partition coefficient (Wildman–Crippen LogP) is 1.95. The minimum Gasteiger partial charge on any atom is -0.397 e. The fraction of sp³-hybridized carbons (Fsp3) is 0.143. The van der Waals surface area contributed by atoms with Crippen molar-refractivity contribution in [1.29, 1.82) is 5.53 Å². The maximum absolute atomic E-state index is 6.65. The average Bonchev–Trinajstić information content (AvgIpc) is 1.89. The van der Waals surface area contributed by atoms with Gasteiger partial charge in [0.15, 0.2) is 0 Å². The zero-order chi connectivity index (χ0) is 7.98. The Bertz CT molecular complexity index is 189. The van der Waals surface area contributed by atoms with E-state index in [1.54, 1.807) is 12.2 Å². The van der Waals surface area contributed by atoms with Gasteiger partial charge in [0.25, 0.3) is 0 Å². The van der Waals surface area contributed by atoms with Crippen LogP contribution in [-0.4, -0.2) is 0 Å². The summed E-state index contributed by atoms with van der Waals surface area (Å²) in [6.07, 6.45) is 5.22. The van der Waals surface area contributed by atoms with Crippen LogP contribution in [0.4, 0.5) is 0 Å². The Kier molecular flexibility index (Phi) is 3.87. The molecule has 0 aliphatic carbocycles. The summed E-state index contributed by atoms with van der Waals surface area (Å²) in [7, 11) is 0. The fourth-order valence-electron chi connectivity index (χ4n) is 0.403. The van der Waals surface area contributed by atoms with Gasteiger partial charge < -0.3 is 5.73 Å². The SMILES string of the molecule is C=C(N)/C(=C\C=C/C)N=N. The highest BCUT2D eigenvalue weighted by Gasteiger charge is 1.90. The van der Waals surface area contributed by atoms with Crippen LogP contribution in [0.1, 0.15) is 6.92 Å². The van der Waals surface area contributed by atoms with Crippen molar-refractivity contribution >= 4 is 0 Å². The standard InChI is InChI=1S/C7H11N3/c1-3-4-5-7(10-9)6(2)8/h3-5,9H,2,8H2,1H3/b4-3-,7-5+,10-9?. The van der Waals surface area contributed by atoms with Crippen LogP contribution in [0, 0.1) is 5.53 Å². The lowest BCUT2D eigenvalue weighted by atomic mass is 10.3. The molecule has 0 radical (unpaired) electrons. The van der Waals surface area contributed by atoms with Gasteiger partial charge in [-0.3, -0.25) is 0 Å². The molecule has 0 aromatic carbocycles. The van der Waals surface area contributed by atoms with Crippen LogP contribution in [0.5, 0.6) is 0 Å². The van der Waals surface area contributed by atoms with Crippen molar-refractivity contribution in [3.8, 4) is 0 Å². The summed E-state index contributed by atoms with van der Waals surface area (Å²) in [4.78, 5) is 0. The first-order valence-electron chi connectivity index (χ1n) is 2.87. The van der Waals surface area contributed by atoms with E-state index in [0.717, 1.165) is 0 Å². The van der Waals surface area contributed by atoms with Gasteiger partial charge in [0, 0.05) is 0 Å². The van der Waals surface area contributed by atoms with Crippen LogP contribution in [0.3, 0.4) is 0 Å². The molecule has 0 spiro atoms. The number of hydrogen-bond acceptors (Lipinski definition) is 3. The van der Waals surface area contributed by atoms with E-state index in [0.29, 0.717) is 11.4 Å². The van der Waals surface area contributed by atoms with E-state index in [1.165, 1.54) is 0 Å². The van der Waals surface area contributed by atoms with Gasteiger partial charge in [-0.1, -0.05) is 18.7 Å². The predicted molar refractivity (Wildman–Crippen MR) is 41.4 cm³/mol. The third-order valence-corrected chi connectivity index (χ3v) is 0.896. The second kappa shape index (κ2) is 4.49. The van der Waals surface area contributed by atoms with E-state index in [9.17, 15) is 0 Å². The van der Waals surface area contributed by atoms with Crippen LogP contribution >= 0.6 is 0 Å². The van der Waals surface area contributed by atoms with Crippen LogP contribution in [0.15, 0.2) is 41.3 Å². The summed E-state index contributed by atoms with van der Waals surface area (Å²) in [6.45, 7) is 5.31. The van der Waals surface area contributed by atoms with Crippen molar-refractivity contribution in [3.63, 3.8) is 0 Å². The Labute approximate surface area is 60.4 Å². The average molecular weight is 137 g/mol. The lowest BCUT2D eigenvalue weighted by Gasteiger charge is -1.93. The summed E-state index contributed by atoms with van der Waals surface area (Å²) < 4.78 is 0. The molecule has 0 fully saturated rings. The van der Waals surface area contributed by atoms with Gasteiger partial charge in [0.05, 0.1) is 5.70 Å². The third kappa shape index (κ3) is 2.81. The van der Waals surface area contributed by atoms with Crippen LogP contribution in [0.2, 0.25) is 0 Å². The minimum absolute atomic E-state index is 0.313. The quantitative estimate of drug-likeness (QED) is 0.453. The smallest absolute Gasteiger partial charge is 0.107 e. The summed E-state index contributed by atoms with van der Waals surface area (Å²) in [5.41, 5.74) is 12.6. The molecular weight excluding hydrogens is 126 g/mol. The van der Waals surface area contributed by atoms with Gasteiger partial charge in [0.2, 0.25) is 0 Å². The molecule has 54 valence electrons. The molecule has 0 heterocycles. The zero-order valence-electron chi connectivity index (χ0n) is 5.96. The maximum Gasteiger partial charge on any atom is 0.107 e. The van der Waals surface area contributed by atoms with E-state index >= 15 is 0 Å². The molecule has 0 unspecified atom stereocenters. The molecule has 3 nitrogen and oxygen atoms in total. The number of allylic oxidation sites excluding steroid dienone is 3. The normalized spacial score (nSPS) is 11.9. The summed E-state index contributed by atoms with van der Waals surface area (Å²) in [5.74, 6) is 0. The van der Waals surface area contributed by atoms with E-state index in [1.807, 2.05) is 13.0 Å². The minimum atomic E-state index is 0.313. The van der Waals surface area contributed by atoms with E-state index < -0.39 is 0 Å². The highest BCUT2D eigenvalue weighted by atomic mass is 15.0. The van der Waals surface area contributed by atoms with Crippen molar-refractivity contribution in [2.24, 2.45) is 10.8 Å². The first-order valence-corrected chi connectivity index (χ1v) is 2.87. The van der Waals surface area contributed by atoms with Crippen molar-refractivity contribution in [1.82, 2.24) is 0 Å². The number of nitrogens with zero attached hydrogens (tertiary/aromatic N) is 1. The second-order valence-electron chi connectivity index (χ2n) is 1.71. The monoisotopic (exact) mass is 137 g/mol. The van der Waals surface area contributed by atoms with E-state index in [-0.39, 0.29) is 0 Å². The second-order valence-corrected chi connectivity index (χ2v) is 1.71. The first kappa shape index (κ1) is 8.62. The molecular formula is C7H11N3. The van der Waals surface area contributed by atoms with Crippen molar-refractivity contribution in [2.45, 2.75) is 6.92 Å². The number of rotatable bonds is 3. The summed E-state index contributed by atoms with van der Waals surface area (Å²) in [5, 5.41) is 3.16. The molecule has 0 aliphatic heterocycles. The highest BCUT2D eigenvalue weighted by Crippen LogP contribution is 2.02. The van der Waals surface area contributed by atoms with Gasteiger partial charge >= 0.3 is 0 Å². The van der Waals surface area contributed by atoms with Gasteiger partial charge in [0.1, 0.15) is 5.70 Å². The number of hydrogen-bond donors (Lipinski definition) is 2. The van der Waals surface area contributed by atoms with Crippen LogP contribution < -0.4 is 5.73 Å². The number of nitrogens with two attached hydrogens (primary N) is 1. The molecule has 0 rings (SSSR count). The highest BCUT2D eigenvalue weighted by molar-refractivity contribution is 5.26. The molecule has 0 aliphatic rings. The lowest BCUT2D eigenvalue weighted by Crippen LogP contribution is -1.95.